The minimum absolute atomic E-state index is 0.0575. The summed E-state index contributed by atoms with van der Waals surface area (Å²) in [7, 11) is 1.50. The van der Waals surface area contributed by atoms with Crippen molar-refractivity contribution in [2.45, 2.75) is 45.6 Å². The number of Topliss-reactive ketones (excluding diaryl/α,β-unsaturated/α-hetero) is 1. The fraction of sp³-hybridized carbons (Fsp3) is 0.381. The van der Waals surface area contributed by atoms with Crippen molar-refractivity contribution in [3.8, 4) is 17.2 Å². The van der Waals surface area contributed by atoms with Crippen LogP contribution in [0.2, 0.25) is 0 Å². The van der Waals surface area contributed by atoms with E-state index in [9.17, 15) is 20.1 Å². The zero-order valence-corrected chi connectivity index (χ0v) is 15.5. The first kappa shape index (κ1) is 18.3. The predicted octanol–water partition coefficient (Wildman–Crippen LogP) is 3.65. The maximum absolute atomic E-state index is 12.6. The zero-order valence-electron chi connectivity index (χ0n) is 15.5. The molecule has 2 aromatic rings. The highest BCUT2D eigenvalue weighted by atomic mass is 16.5. The van der Waals surface area contributed by atoms with Crippen molar-refractivity contribution in [2.24, 2.45) is 0 Å². The second-order valence-corrected chi connectivity index (χ2v) is 7.51. The summed E-state index contributed by atoms with van der Waals surface area (Å²) in [5.41, 5.74) is 1.62. The molecule has 0 saturated heterocycles. The van der Waals surface area contributed by atoms with Gasteiger partial charge in [-0.1, -0.05) is 11.6 Å². The number of aromatic hydroxyl groups is 2. The Bertz CT molecular complexity index is 934. The molecule has 26 heavy (non-hydrogen) atoms. The van der Waals surface area contributed by atoms with Crippen molar-refractivity contribution >= 4 is 16.6 Å². The highest BCUT2D eigenvalue weighted by Crippen LogP contribution is 2.46. The summed E-state index contributed by atoms with van der Waals surface area (Å²) in [6, 6.07) is 3.17. The number of rotatable bonds is 3. The van der Waals surface area contributed by atoms with Crippen molar-refractivity contribution in [3.05, 3.63) is 40.5 Å². The Morgan fingerprint density at radius 1 is 1.27 bits per heavy atom. The first-order valence-electron chi connectivity index (χ1n) is 8.61. The Balaban J connectivity index is 2.44. The van der Waals surface area contributed by atoms with Gasteiger partial charge in [0.25, 0.3) is 0 Å². The Morgan fingerprint density at radius 2 is 1.96 bits per heavy atom. The van der Waals surface area contributed by atoms with Crippen LogP contribution in [0.25, 0.3) is 10.8 Å². The van der Waals surface area contributed by atoms with Crippen molar-refractivity contribution in [1.29, 1.82) is 0 Å². The number of allylic oxidation sites excluding steroid dienone is 2. The van der Waals surface area contributed by atoms with E-state index in [4.69, 9.17) is 4.74 Å². The SMILES string of the molecule is COc1cc(O)c2c(O)c3c(c(CC=C(C)C)c2c1)CC(C)(O)CC3=O. The Morgan fingerprint density at radius 3 is 2.58 bits per heavy atom. The highest BCUT2D eigenvalue weighted by Gasteiger charge is 2.37. The molecule has 3 N–H and O–H groups in total. The molecule has 0 heterocycles. The number of aliphatic hydroxyl groups is 1. The van der Waals surface area contributed by atoms with E-state index in [1.165, 1.54) is 13.2 Å². The first-order chi connectivity index (χ1) is 12.1. The van der Waals surface area contributed by atoms with Gasteiger partial charge in [-0.3, -0.25) is 4.79 Å². The Labute approximate surface area is 152 Å². The smallest absolute Gasteiger partial charge is 0.169 e. The van der Waals surface area contributed by atoms with E-state index in [1.54, 1.807) is 13.0 Å². The van der Waals surface area contributed by atoms with E-state index in [0.29, 0.717) is 23.1 Å². The summed E-state index contributed by atoms with van der Waals surface area (Å²) in [5.74, 6) is -0.217. The van der Waals surface area contributed by atoms with Gasteiger partial charge in [-0.25, -0.2) is 0 Å². The fourth-order valence-electron chi connectivity index (χ4n) is 3.70. The summed E-state index contributed by atoms with van der Waals surface area (Å²) < 4.78 is 5.26. The van der Waals surface area contributed by atoms with Gasteiger partial charge in [0.2, 0.25) is 0 Å². The molecule has 0 saturated carbocycles. The van der Waals surface area contributed by atoms with E-state index in [0.717, 1.165) is 11.1 Å². The average Bonchev–Trinajstić information content (AvgIpc) is 2.51. The Hall–Kier alpha value is -2.53. The van der Waals surface area contributed by atoms with Gasteiger partial charge in [0.05, 0.1) is 23.7 Å². The average molecular weight is 356 g/mol. The molecule has 0 amide bonds. The number of fused-ring (bicyclic) bond motifs is 2. The molecule has 2 aromatic carbocycles. The summed E-state index contributed by atoms with van der Waals surface area (Å²) in [6.45, 7) is 5.59. The number of phenolic OH excluding ortho intramolecular Hbond substituents is 2. The molecule has 1 aliphatic rings. The quantitative estimate of drug-likeness (QED) is 0.731. The highest BCUT2D eigenvalue weighted by molar-refractivity contribution is 6.10. The fourth-order valence-corrected chi connectivity index (χ4v) is 3.70. The number of carbonyl (C=O) groups is 1. The van der Waals surface area contributed by atoms with Crippen LogP contribution in [-0.4, -0.2) is 33.8 Å². The van der Waals surface area contributed by atoms with E-state index < -0.39 is 5.60 Å². The molecule has 1 aliphatic carbocycles. The first-order valence-corrected chi connectivity index (χ1v) is 8.61. The lowest BCUT2D eigenvalue weighted by molar-refractivity contribution is 0.0408. The number of methoxy groups -OCH3 is 1. The van der Waals surface area contributed by atoms with Gasteiger partial charge in [-0.2, -0.15) is 0 Å². The number of hydrogen-bond donors (Lipinski definition) is 3. The standard InChI is InChI=1S/C21H24O5/c1-11(2)5-6-13-14-7-12(26-4)8-16(22)18(14)20(24)19-15(13)9-21(3,25)10-17(19)23/h5,7-8,22,24-25H,6,9-10H2,1-4H3. The molecule has 5 nitrogen and oxygen atoms in total. The molecule has 1 atom stereocenters. The monoisotopic (exact) mass is 356 g/mol. The second kappa shape index (κ2) is 6.32. The Kier molecular flexibility index (Phi) is 4.44. The largest absolute Gasteiger partial charge is 0.507 e. The number of ketones is 1. The number of phenols is 2. The molecular formula is C21H24O5. The van der Waals surface area contributed by atoms with Gasteiger partial charge >= 0.3 is 0 Å². The molecule has 0 fully saturated rings. The van der Waals surface area contributed by atoms with Crippen LogP contribution in [0.4, 0.5) is 0 Å². The van der Waals surface area contributed by atoms with Crippen molar-refractivity contribution < 1.29 is 24.9 Å². The van der Waals surface area contributed by atoms with Gasteiger partial charge in [-0.15, -0.1) is 0 Å². The third-order valence-electron chi connectivity index (χ3n) is 4.88. The van der Waals surface area contributed by atoms with Crippen LogP contribution >= 0.6 is 0 Å². The number of hydrogen-bond acceptors (Lipinski definition) is 5. The molecule has 5 heteroatoms. The van der Waals surface area contributed by atoms with Crippen LogP contribution in [0.5, 0.6) is 17.2 Å². The van der Waals surface area contributed by atoms with Gasteiger partial charge in [0, 0.05) is 18.9 Å². The lowest BCUT2D eigenvalue weighted by Crippen LogP contribution is -2.36. The molecule has 0 spiro atoms. The van der Waals surface area contributed by atoms with E-state index in [1.807, 2.05) is 19.9 Å². The van der Waals surface area contributed by atoms with Crippen LogP contribution in [0.1, 0.15) is 48.7 Å². The molecular weight excluding hydrogens is 332 g/mol. The maximum Gasteiger partial charge on any atom is 0.169 e. The summed E-state index contributed by atoms with van der Waals surface area (Å²) in [4.78, 5) is 12.6. The zero-order chi connectivity index (χ0) is 19.2. The van der Waals surface area contributed by atoms with Gasteiger partial charge in [0.1, 0.15) is 17.2 Å². The molecule has 0 aliphatic heterocycles. The molecule has 138 valence electrons. The molecule has 1 unspecified atom stereocenters. The minimum Gasteiger partial charge on any atom is -0.507 e. The summed E-state index contributed by atoms with van der Waals surface area (Å²) in [6.07, 6.45) is 2.76. The van der Waals surface area contributed by atoms with E-state index in [2.05, 4.69) is 0 Å². The predicted molar refractivity (Wildman–Crippen MR) is 100 cm³/mol. The van der Waals surface area contributed by atoms with Crippen LogP contribution < -0.4 is 4.74 Å². The summed E-state index contributed by atoms with van der Waals surface area (Å²) in [5, 5.41) is 32.6. The van der Waals surface area contributed by atoms with E-state index in [-0.39, 0.29) is 41.1 Å². The van der Waals surface area contributed by atoms with Crippen molar-refractivity contribution in [2.75, 3.05) is 7.11 Å². The molecule has 0 aromatic heterocycles. The number of carbonyl (C=O) groups excluding carboxylic acids is 1. The molecule has 0 radical (unpaired) electrons. The minimum atomic E-state index is -1.16. The second-order valence-electron chi connectivity index (χ2n) is 7.51. The summed E-state index contributed by atoms with van der Waals surface area (Å²) >= 11 is 0. The van der Waals surface area contributed by atoms with Gasteiger partial charge in [-0.05, 0) is 49.8 Å². The third kappa shape index (κ3) is 3.03. The lowest BCUT2D eigenvalue weighted by atomic mass is 9.76. The third-order valence-corrected chi connectivity index (χ3v) is 4.88. The van der Waals surface area contributed by atoms with Gasteiger partial charge < -0.3 is 20.1 Å². The van der Waals surface area contributed by atoms with Crippen molar-refractivity contribution in [1.82, 2.24) is 0 Å². The van der Waals surface area contributed by atoms with Crippen LogP contribution in [0, 0.1) is 0 Å². The van der Waals surface area contributed by atoms with Crippen molar-refractivity contribution in [3.63, 3.8) is 0 Å². The van der Waals surface area contributed by atoms with Gasteiger partial charge in [0.15, 0.2) is 5.78 Å². The molecule has 3 rings (SSSR count). The molecule has 0 bridgehead atoms. The van der Waals surface area contributed by atoms with E-state index >= 15 is 0 Å². The number of benzene rings is 2. The van der Waals surface area contributed by atoms with Crippen LogP contribution in [0.15, 0.2) is 23.8 Å². The number of ether oxygens (including phenoxy) is 1. The van der Waals surface area contributed by atoms with Crippen LogP contribution in [0.3, 0.4) is 0 Å². The maximum atomic E-state index is 12.6. The van der Waals surface area contributed by atoms with Crippen LogP contribution in [-0.2, 0) is 12.8 Å². The topological polar surface area (TPSA) is 87.0 Å². The lowest BCUT2D eigenvalue weighted by Gasteiger charge is -2.32. The normalized spacial score (nSPS) is 19.3.